The Kier molecular flexibility index (Phi) is 8.21. The Hall–Kier alpha value is -3.72. The Bertz CT molecular complexity index is 1600. The van der Waals surface area contributed by atoms with Gasteiger partial charge in [-0.15, -0.1) is 0 Å². The number of imide groups is 2. The van der Waals surface area contributed by atoms with Crippen LogP contribution in [0.5, 0.6) is 0 Å². The van der Waals surface area contributed by atoms with E-state index in [0.29, 0.717) is 57.8 Å². The Morgan fingerprint density at radius 2 is 0.706 bits per heavy atom. The first kappa shape index (κ1) is 34.4. The second kappa shape index (κ2) is 12.2. The van der Waals surface area contributed by atoms with E-state index in [1.165, 1.54) is 38.5 Å². The molecule has 1 radical (unpaired) electrons. The third kappa shape index (κ3) is 5.19. The van der Waals surface area contributed by atoms with Crippen molar-refractivity contribution >= 4 is 35.6 Å². The summed E-state index contributed by atoms with van der Waals surface area (Å²) in [5.41, 5.74) is 0.237. The van der Waals surface area contributed by atoms with E-state index in [0.717, 1.165) is 48.3 Å². The molecular weight excluding hydrogens is 739 g/mol. The predicted molar refractivity (Wildman–Crippen MR) is 173 cm³/mol. The molecule has 2 atom stereocenters. The van der Waals surface area contributed by atoms with Crippen LogP contribution in [0.25, 0.3) is 0 Å². The number of rotatable bonds is 6. The van der Waals surface area contributed by atoms with Crippen LogP contribution in [-0.2, 0) is 29.1 Å². The van der Waals surface area contributed by atoms with Crippen molar-refractivity contribution in [2.24, 2.45) is 46.3 Å². The van der Waals surface area contributed by atoms with Gasteiger partial charge in [0, 0.05) is 0 Å². The number of aliphatic carboxylic acids is 2. The molecule has 2 aromatic carbocycles. The zero-order chi connectivity index (χ0) is 34.7. The van der Waals surface area contributed by atoms with Gasteiger partial charge in [0.15, 0.2) is 0 Å². The number of hydrogen-bond acceptors (Lipinski definition) is 8. The van der Waals surface area contributed by atoms with Crippen molar-refractivity contribution in [1.82, 2.24) is 9.80 Å². The number of amides is 4. The van der Waals surface area contributed by atoms with Crippen molar-refractivity contribution in [1.29, 1.82) is 0 Å². The zero-order valence-corrected chi connectivity index (χ0v) is 29.9. The summed E-state index contributed by atoms with van der Waals surface area (Å²) in [6, 6.07) is 10.9. The Morgan fingerprint density at radius 3 is 0.902 bits per heavy atom. The monoisotopic (exact) mass is 779 g/mol. The van der Waals surface area contributed by atoms with Gasteiger partial charge in [-0.1, -0.05) is 24.3 Å². The van der Waals surface area contributed by atoms with Gasteiger partial charge in [-0.05, 0) is 148 Å². The van der Waals surface area contributed by atoms with Gasteiger partial charge in [0.2, 0.25) is 0 Å². The van der Waals surface area contributed by atoms with E-state index in [-0.39, 0.29) is 19.5 Å². The maximum Gasteiger partial charge on any atom is 2.00 e. The number of fused-ring (bicyclic) bond motifs is 2. The Labute approximate surface area is 309 Å². The minimum absolute atomic E-state index is 0. The molecule has 267 valence electrons. The summed E-state index contributed by atoms with van der Waals surface area (Å²) in [6.07, 6.45) is 11.8. The first-order chi connectivity index (χ1) is 24.0. The van der Waals surface area contributed by atoms with Crippen molar-refractivity contribution < 1.29 is 58.5 Å². The molecule has 2 aromatic rings. The van der Waals surface area contributed by atoms with Crippen LogP contribution in [0.1, 0.15) is 118 Å². The SMILES string of the molecule is O=C([O-])[C@H](N1C(=O)c2ccccc2C1=O)C12CC3CC(CC(C3)C1)C2.O=C([O-])[C@H](N1C(=O)c2ccccc2C1=O)C12CC3CC(CC(C3)C1)C2.[Rh+2]. The van der Waals surface area contributed by atoms with Crippen LogP contribution in [0.4, 0.5) is 0 Å². The van der Waals surface area contributed by atoms with Gasteiger partial charge in [-0.25, -0.2) is 0 Å². The third-order valence-electron chi connectivity index (χ3n) is 13.9. The maximum absolute atomic E-state index is 12.9. The van der Waals surface area contributed by atoms with Crippen LogP contribution in [0, 0.1) is 46.3 Å². The van der Waals surface area contributed by atoms with Crippen LogP contribution in [0.3, 0.4) is 0 Å². The van der Waals surface area contributed by atoms with Crippen LogP contribution < -0.4 is 10.2 Å². The molecule has 8 fully saturated rings. The molecule has 8 aliphatic carbocycles. The molecule has 0 aromatic heterocycles. The molecule has 0 saturated heterocycles. The maximum atomic E-state index is 12.9. The minimum atomic E-state index is -1.28. The summed E-state index contributed by atoms with van der Waals surface area (Å²) >= 11 is 0. The molecule has 10 aliphatic rings. The second-order valence-electron chi connectivity index (χ2n) is 17.1. The second-order valence-corrected chi connectivity index (χ2v) is 17.1. The first-order valence-electron chi connectivity index (χ1n) is 18.3. The predicted octanol–water partition coefficient (Wildman–Crippen LogP) is 3.23. The van der Waals surface area contributed by atoms with E-state index in [1.54, 1.807) is 48.5 Å². The number of carbonyl (C=O) groups excluding carboxylic acids is 6. The van der Waals surface area contributed by atoms with Crippen molar-refractivity contribution in [2.75, 3.05) is 0 Å². The van der Waals surface area contributed by atoms with E-state index in [2.05, 4.69) is 0 Å². The smallest absolute Gasteiger partial charge is 0.548 e. The molecule has 2 aliphatic heterocycles. The molecule has 4 amide bonds. The van der Waals surface area contributed by atoms with E-state index in [1.807, 2.05) is 0 Å². The number of carboxylic acid groups (broad SMARTS) is 2. The topological polar surface area (TPSA) is 155 Å². The number of hydrogen-bond donors (Lipinski definition) is 0. The zero-order valence-electron chi connectivity index (χ0n) is 28.2. The molecule has 0 N–H and O–H groups in total. The van der Waals surface area contributed by atoms with E-state index < -0.39 is 58.5 Å². The minimum Gasteiger partial charge on any atom is -0.548 e. The summed E-state index contributed by atoms with van der Waals surface area (Å²) in [6.45, 7) is 0. The van der Waals surface area contributed by atoms with Gasteiger partial charge >= 0.3 is 19.5 Å². The Morgan fingerprint density at radius 1 is 0.490 bits per heavy atom. The third-order valence-corrected chi connectivity index (χ3v) is 13.9. The standard InChI is InChI=1S/2C20H21NO4.Rh/c2*22-17-14-3-1-2-4-15(14)18(23)21(17)16(19(24)25)20-8-11-5-12(9-20)7-13(6-11)10-20;/h2*1-4,11-13,16H,5-10H2,(H,24,25);/q;;+2/p-2/t2*11?,12?,13?,16-,20?;/m00./s1. The van der Waals surface area contributed by atoms with Crippen molar-refractivity contribution in [3.05, 3.63) is 70.8 Å². The molecule has 0 spiro atoms. The molecule has 10 nitrogen and oxygen atoms in total. The van der Waals surface area contributed by atoms with Gasteiger partial charge in [0.1, 0.15) is 0 Å². The summed E-state index contributed by atoms with van der Waals surface area (Å²) < 4.78 is 0. The molecule has 8 saturated carbocycles. The number of benzene rings is 2. The molecule has 0 unspecified atom stereocenters. The Balaban J connectivity index is 0.000000144. The van der Waals surface area contributed by atoms with Crippen molar-refractivity contribution in [2.45, 2.75) is 89.1 Å². The fraction of sp³-hybridized carbons (Fsp3) is 0.550. The summed E-state index contributed by atoms with van der Waals surface area (Å²) in [5.74, 6) is -1.30. The molecule has 8 bridgehead atoms. The summed E-state index contributed by atoms with van der Waals surface area (Å²) in [5, 5.41) is 24.4. The van der Waals surface area contributed by atoms with Gasteiger partial charge in [-0.3, -0.25) is 29.0 Å². The average Bonchev–Trinajstić information content (AvgIpc) is 3.44. The largest absolute Gasteiger partial charge is 2.00 e. The van der Waals surface area contributed by atoms with Crippen molar-refractivity contribution in [3.63, 3.8) is 0 Å². The number of carbonyl (C=O) groups is 6. The number of nitrogens with zero attached hydrogens (tertiary/aromatic N) is 2. The first-order valence-corrected chi connectivity index (χ1v) is 18.3. The normalized spacial score (nSPS) is 35.9. The molecule has 2 heterocycles. The molecular formula is C40H40N2O8Rh. The summed E-state index contributed by atoms with van der Waals surface area (Å²) in [7, 11) is 0. The quantitative estimate of drug-likeness (QED) is 0.320. The van der Waals surface area contributed by atoms with Gasteiger partial charge in [0.05, 0.1) is 46.3 Å². The summed E-state index contributed by atoms with van der Waals surface area (Å²) in [4.78, 5) is 77.8. The number of carboxylic acids is 2. The van der Waals surface area contributed by atoms with E-state index in [4.69, 9.17) is 0 Å². The average molecular weight is 780 g/mol. The van der Waals surface area contributed by atoms with E-state index >= 15 is 0 Å². The van der Waals surface area contributed by atoms with Crippen LogP contribution in [0.15, 0.2) is 48.5 Å². The van der Waals surface area contributed by atoms with Crippen LogP contribution >= 0.6 is 0 Å². The van der Waals surface area contributed by atoms with Crippen LogP contribution in [0.2, 0.25) is 0 Å². The van der Waals surface area contributed by atoms with Crippen LogP contribution in [-0.4, -0.2) is 57.5 Å². The molecule has 11 heteroatoms. The fourth-order valence-electron chi connectivity index (χ4n) is 13.2. The van der Waals surface area contributed by atoms with Gasteiger partial charge in [0.25, 0.3) is 23.6 Å². The molecule has 12 rings (SSSR count). The molecule has 51 heavy (non-hydrogen) atoms. The van der Waals surface area contributed by atoms with Gasteiger partial charge < -0.3 is 19.8 Å². The van der Waals surface area contributed by atoms with Crippen molar-refractivity contribution in [3.8, 4) is 0 Å². The van der Waals surface area contributed by atoms with Gasteiger partial charge in [-0.2, -0.15) is 0 Å². The van der Waals surface area contributed by atoms with E-state index in [9.17, 15) is 39.0 Å². The fourth-order valence-corrected chi connectivity index (χ4v) is 13.2.